The molecule has 0 amide bonds. The molecule has 2 aromatic rings. The van der Waals surface area contributed by atoms with Crippen LogP contribution in [0.2, 0.25) is 0 Å². The summed E-state index contributed by atoms with van der Waals surface area (Å²) in [6.45, 7) is 5.25. The number of nitrogens with zero attached hydrogens (tertiary/aromatic N) is 2. The zero-order valence-corrected chi connectivity index (χ0v) is 15.0. The monoisotopic (exact) mass is 338 g/mol. The van der Waals surface area contributed by atoms with E-state index in [9.17, 15) is 4.79 Å². The summed E-state index contributed by atoms with van der Waals surface area (Å²) in [6.07, 6.45) is 1.10. The Kier molecular flexibility index (Phi) is 5.36. The average Bonchev–Trinajstić information content (AvgIpc) is 2.62. The molecule has 0 N–H and O–H groups in total. The number of aryl methyl sites for hydroxylation is 2. The smallest absolute Gasteiger partial charge is 0.182 e. The molecule has 1 aliphatic rings. The number of rotatable bonds is 4. The summed E-state index contributed by atoms with van der Waals surface area (Å²) < 4.78 is 0. The van der Waals surface area contributed by atoms with Crippen LogP contribution in [0.4, 0.5) is 5.69 Å². The van der Waals surface area contributed by atoms with E-state index in [0.29, 0.717) is 6.54 Å². The second-order valence-electron chi connectivity index (χ2n) is 6.08. The third-order valence-corrected chi connectivity index (χ3v) is 5.13. The number of benzene rings is 2. The summed E-state index contributed by atoms with van der Waals surface area (Å²) in [5, 5.41) is 0.950. The molecule has 3 rings (SSSR count). The van der Waals surface area contributed by atoms with Gasteiger partial charge >= 0.3 is 0 Å². The summed E-state index contributed by atoms with van der Waals surface area (Å²) in [4.78, 5) is 19.4. The molecular formula is C20H22N2OS. The van der Waals surface area contributed by atoms with Gasteiger partial charge in [-0.3, -0.25) is 9.79 Å². The van der Waals surface area contributed by atoms with Crippen LogP contribution in [0.15, 0.2) is 53.5 Å². The van der Waals surface area contributed by atoms with Crippen molar-refractivity contribution < 1.29 is 4.79 Å². The molecule has 1 heterocycles. The Labute approximate surface area is 147 Å². The van der Waals surface area contributed by atoms with Gasteiger partial charge in [-0.25, -0.2) is 0 Å². The van der Waals surface area contributed by atoms with Crippen molar-refractivity contribution in [1.29, 1.82) is 0 Å². The topological polar surface area (TPSA) is 32.7 Å². The Bertz CT molecular complexity index is 735. The maximum atomic E-state index is 12.7. The Morgan fingerprint density at radius 1 is 1.04 bits per heavy atom. The number of carbonyl (C=O) groups is 1. The molecule has 0 atom stereocenters. The second-order valence-corrected chi connectivity index (χ2v) is 7.14. The molecule has 0 spiro atoms. The predicted octanol–water partition coefficient (Wildman–Crippen LogP) is 4.49. The van der Waals surface area contributed by atoms with E-state index < -0.39 is 0 Å². The maximum absolute atomic E-state index is 12.7. The van der Waals surface area contributed by atoms with Gasteiger partial charge in [0.1, 0.15) is 0 Å². The lowest BCUT2D eigenvalue weighted by molar-refractivity contribution is 0.100. The minimum atomic E-state index is 0.115. The Morgan fingerprint density at radius 2 is 1.67 bits per heavy atom. The molecule has 0 radical (unpaired) electrons. The number of Topliss-reactive ketones (excluding diaryl/α,β-unsaturated/α-hetero) is 1. The van der Waals surface area contributed by atoms with Crippen LogP contribution in [0.1, 0.15) is 27.9 Å². The van der Waals surface area contributed by atoms with Crippen LogP contribution < -0.4 is 4.90 Å². The van der Waals surface area contributed by atoms with E-state index in [1.807, 2.05) is 36.1 Å². The van der Waals surface area contributed by atoms with Crippen molar-refractivity contribution in [3.05, 3.63) is 65.2 Å². The summed E-state index contributed by atoms with van der Waals surface area (Å²) in [7, 11) is 0. The number of carbonyl (C=O) groups excluding carboxylic acids is 1. The second kappa shape index (κ2) is 7.67. The molecule has 1 aliphatic heterocycles. The van der Waals surface area contributed by atoms with Crippen molar-refractivity contribution in [2.75, 3.05) is 23.7 Å². The van der Waals surface area contributed by atoms with Gasteiger partial charge in [0.2, 0.25) is 0 Å². The minimum Gasteiger partial charge on any atom is -0.313 e. The standard InChI is InChI=1S/C20H22N2OS/c1-15-4-8-17(9-5-15)19(23)14-22(20-21-12-3-13-24-20)18-10-6-16(2)7-11-18/h4-11H,3,12-14H2,1-2H3. The molecular weight excluding hydrogens is 316 g/mol. The lowest BCUT2D eigenvalue weighted by Gasteiger charge is -2.27. The fourth-order valence-corrected chi connectivity index (χ4v) is 3.54. The van der Waals surface area contributed by atoms with Gasteiger partial charge in [-0.15, -0.1) is 0 Å². The van der Waals surface area contributed by atoms with Crippen LogP contribution in [-0.2, 0) is 0 Å². The molecule has 3 nitrogen and oxygen atoms in total. The van der Waals surface area contributed by atoms with Gasteiger partial charge in [-0.1, -0.05) is 59.3 Å². The first-order chi connectivity index (χ1) is 11.6. The molecule has 4 heteroatoms. The Hall–Kier alpha value is -2.07. The van der Waals surface area contributed by atoms with Gasteiger partial charge in [-0.2, -0.15) is 0 Å². The van der Waals surface area contributed by atoms with E-state index in [1.54, 1.807) is 11.8 Å². The van der Waals surface area contributed by atoms with Crippen LogP contribution in [0.5, 0.6) is 0 Å². The SMILES string of the molecule is Cc1ccc(C(=O)CN(C2=NCCCS2)c2ccc(C)cc2)cc1. The zero-order valence-electron chi connectivity index (χ0n) is 14.2. The molecule has 0 fully saturated rings. The first kappa shape index (κ1) is 16.8. The summed E-state index contributed by atoms with van der Waals surface area (Å²) in [5.74, 6) is 1.17. The van der Waals surface area contributed by atoms with E-state index in [2.05, 4.69) is 36.2 Å². The Balaban J connectivity index is 1.86. The highest BCUT2D eigenvalue weighted by Crippen LogP contribution is 2.23. The highest BCUT2D eigenvalue weighted by molar-refractivity contribution is 8.14. The average molecular weight is 338 g/mol. The van der Waals surface area contributed by atoms with Crippen LogP contribution >= 0.6 is 11.8 Å². The number of amidine groups is 1. The van der Waals surface area contributed by atoms with Gasteiger partial charge in [-0.05, 0) is 32.4 Å². The molecule has 0 aromatic heterocycles. The molecule has 2 aromatic carbocycles. The van der Waals surface area contributed by atoms with Crippen molar-refractivity contribution in [2.24, 2.45) is 4.99 Å². The molecule has 0 saturated carbocycles. The number of ketones is 1. The molecule has 0 bridgehead atoms. The summed E-state index contributed by atoms with van der Waals surface area (Å²) >= 11 is 1.73. The highest BCUT2D eigenvalue weighted by atomic mass is 32.2. The predicted molar refractivity (Wildman–Crippen MR) is 103 cm³/mol. The lowest BCUT2D eigenvalue weighted by atomic mass is 10.1. The van der Waals surface area contributed by atoms with E-state index >= 15 is 0 Å². The maximum Gasteiger partial charge on any atom is 0.182 e. The number of hydrogen-bond acceptors (Lipinski definition) is 4. The summed E-state index contributed by atoms with van der Waals surface area (Å²) in [6, 6.07) is 16.1. The van der Waals surface area contributed by atoms with Crippen LogP contribution in [-0.4, -0.2) is 29.8 Å². The third-order valence-electron chi connectivity index (χ3n) is 4.03. The van der Waals surface area contributed by atoms with Crippen molar-refractivity contribution >= 4 is 28.4 Å². The molecule has 24 heavy (non-hydrogen) atoms. The van der Waals surface area contributed by atoms with E-state index in [-0.39, 0.29) is 5.78 Å². The van der Waals surface area contributed by atoms with Crippen molar-refractivity contribution in [1.82, 2.24) is 0 Å². The molecule has 0 saturated heterocycles. The fraction of sp³-hybridized carbons (Fsp3) is 0.300. The number of thioether (sulfide) groups is 1. The minimum absolute atomic E-state index is 0.115. The fourth-order valence-electron chi connectivity index (χ4n) is 2.58. The van der Waals surface area contributed by atoms with Gasteiger partial charge in [0, 0.05) is 23.5 Å². The van der Waals surface area contributed by atoms with Crippen LogP contribution in [0, 0.1) is 13.8 Å². The molecule has 124 valence electrons. The zero-order chi connectivity index (χ0) is 16.9. The first-order valence-corrected chi connectivity index (χ1v) is 9.23. The van der Waals surface area contributed by atoms with E-state index in [4.69, 9.17) is 0 Å². The van der Waals surface area contributed by atoms with Crippen molar-refractivity contribution in [2.45, 2.75) is 20.3 Å². The van der Waals surface area contributed by atoms with Crippen LogP contribution in [0.25, 0.3) is 0 Å². The highest BCUT2D eigenvalue weighted by Gasteiger charge is 2.20. The number of hydrogen-bond donors (Lipinski definition) is 0. The normalized spacial score (nSPS) is 14.2. The van der Waals surface area contributed by atoms with Crippen molar-refractivity contribution in [3.8, 4) is 0 Å². The van der Waals surface area contributed by atoms with Gasteiger partial charge < -0.3 is 4.90 Å². The van der Waals surface area contributed by atoms with Crippen LogP contribution in [0.3, 0.4) is 0 Å². The van der Waals surface area contributed by atoms with Gasteiger partial charge in [0.15, 0.2) is 11.0 Å². The van der Waals surface area contributed by atoms with Crippen molar-refractivity contribution in [3.63, 3.8) is 0 Å². The van der Waals surface area contributed by atoms with E-state index in [1.165, 1.54) is 5.56 Å². The number of aliphatic imine (C=N–C) groups is 1. The van der Waals surface area contributed by atoms with E-state index in [0.717, 1.165) is 40.7 Å². The Morgan fingerprint density at radius 3 is 2.25 bits per heavy atom. The number of anilines is 1. The third kappa shape index (κ3) is 4.06. The largest absolute Gasteiger partial charge is 0.313 e. The summed E-state index contributed by atoms with van der Waals surface area (Å²) in [5.41, 5.74) is 4.14. The quantitative estimate of drug-likeness (QED) is 0.770. The van der Waals surface area contributed by atoms with Gasteiger partial charge in [0.05, 0.1) is 6.54 Å². The molecule has 0 aliphatic carbocycles. The molecule has 0 unspecified atom stereocenters. The lowest BCUT2D eigenvalue weighted by Crippen LogP contribution is -2.35. The van der Waals surface area contributed by atoms with Gasteiger partial charge in [0.25, 0.3) is 0 Å². The first-order valence-electron chi connectivity index (χ1n) is 8.25.